The highest BCUT2D eigenvalue weighted by molar-refractivity contribution is 7.16. The molecular formula is C20H18F3NO5S. The molecule has 3 aromatic rings. The molecule has 0 aliphatic carbocycles. The van der Waals surface area contributed by atoms with Gasteiger partial charge in [-0.1, -0.05) is 35.6 Å². The number of fused-ring (bicyclic) bond motifs is 1. The normalized spacial score (nSPS) is 12.8. The van der Waals surface area contributed by atoms with Crippen molar-refractivity contribution in [3.05, 3.63) is 63.8 Å². The summed E-state index contributed by atoms with van der Waals surface area (Å²) in [6.45, 7) is -1.02. The maximum absolute atomic E-state index is 12.2. The standard InChI is InChI=1S/C20H18F3NO5S/c21-20(22,23)12-29-16(18(25)26)11-13-5-7-14(8-6-13)28-10-9-24-15-3-1-2-4-17(15)30-19(24)27/h1-8,16H,9-12H2,(H,25,26)/t16-/m0/s1. The van der Waals surface area contributed by atoms with E-state index in [0.29, 0.717) is 17.9 Å². The fraction of sp³-hybridized carbons (Fsp3) is 0.300. The molecule has 0 aliphatic rings. The molecule has 0 amide bonds. The Morgan fingerprint density at radius 1 is 1.13 bits per heavy atom. The number of nitrogens with zero attached hydrogens (tertiary/aromatic N) is 1. The molecule has 160 valence electrons. The van der Waals surface area contributed by atoms with Crippen LogP contribution < -0.4 is 9.61 Å². The molecule has 1 atom stereocenters. The highest BCUT2D eigenvalue weighted by Crippen LogP contribution is 2.19. The van der Waals surface area contributed by atoms with Crippen LogP contribution in [-0.4, -0.2) is 41.1 Å². The minimum absolute atomic E-state index is 0.0753. The van der Waals surface area contributed by atoms with Crippen LogP contribution in [-0.2, 0) is 22.5 Å². The van der Waals surface area contributed by atoms with Gasteiger partial charge in [0.05, 0.1) is 16.8 Å². The Morgan fingerprint density at radius 2 is 1.83 bits per heavy atom. The summed E-state index contributed by atoms with van der Waals surface area (Å²) in [4.78, 5) is 23.1. The third kappa shape index (κ3) is 5.83. The van der Waals surface area contributed by atoms with E-state index in [1.165, 1.54) is 0 Å². The average Bonchev–Trinajstić information content (AvgIpc) is 3.01. The van der Waals surface area contributed by atoms with Gasteiger partial charge in [0, 0.05) is 6.42 Å². The summed E-state index contributed by atoms with van der Waals surface area (Å²) >= 11 is 1.16. The zero-order valence-electron chi connectivity index (χ0n) is 15.6. The molecule has 2 aromatic carbocycles. The van der Waals surface area contributed by atoms with E-state index in [2.05, 4.69) is 4.74 Å². The molecule has 0 saturated carbocycles. The van der Waals surface area contributed by atoms with Crippen molar-refractivity contribution in [3.8, 4) is 5.75 Å². The van der Waals surface area contributed by atoms with Crippen molar-refractivity contribution in [2.45, 2.75) is 25.2 Å². The lowest BCUT2D eigenvalue weighted by molar-refractivity contribution is -0.192. The molecule has 0 spiro atoms. The predicted molar refractivity (Wildman–Crippen MR) is 105 cm³/mol. The van der Waals surface area contributed by atoms with E-state index in [1.807, 2.05) is 24.3 Å². The van der Waals surface area contributed by atoms with E-state index in [4.69, 9.17) is 9.84 Å². The second-order valence-electron chi connectivity index (χ2n) is 6.44. The van der Waals surface area contributed by atoms with Crippen molar-refractivity contribution in [2.24, 2.45) is 0 Å². The van der Waals surface area contributed by atoms with Crippen LogP contribution >= 0.6 is 11.3 Å². The first-order chi connectivity index (χ1) is 14.2. The van der Waals surface area contributed by atoms with Crippen molar-refractivity contribution in [1.82, 2.24) is 4.57 Å². The van der Waals surface area contributed by atoms with Crippen molar-refractivity contribution in [2.75, 3.05) is 13.2 Å². The largest absolute Gasteiger partial charge is 0.492 e. The predicted octanol–water partition coefficient (Wildman–Crippen LogP) is 3.72. The maximum Gasteiger partial charge on any atom is 0.411 e. The van der Waals surface area contributed by atoms with Crippen LogP contribution in [0.3, 0.4) is 0 Å². The van der Waals surface area contributed by atoms with Gasteiger partial charge in [-0.25, -0.2) is 4.79 Å². The van der Waals surface area contributed by atoms with E-state index in [9.17, 15) is 22.8 Å². The topological polar surface area (TPSA) is 77.8 Å². The summed E-state index contributed by atoms with van der Waals surface area (Å²) in [7, 11) is 0. The molecule has 0 fully saturated rings. The number of ether oxygens (including phenoxy) is 2. The van der Waals surface area contributed by atoms with Crippen molar-refractivity contribution in [3.63, 3.8) is 0 Å². The van der Waals surface area contributed by atoms with E-state index in [-0.39, 0.29) is 17.9 Å². The number of alkyl halides is 3. The molecular weight excluding hydrogens is 423 g/mol. The van der Waals surface area contributed by atoms with E-state index >= 15 is 0 Å². The molecule has 1 heterocycles. The number of benzene rings is 2. The monoisotopic (exact) mass is 441 g/mol. The summed E-state index contributed by atoms with van der Waals surface area (Å²) < 4.78 is 49.4. The Morgan fingerprint density at radius 3 is 2.50 bits per heavy atom. The fourth-order valence-electron chi connectivity index (χ4n) is 2.83. The van der Waals surface area contributed by atoms with Crippen LogP contribution in [0.15, 0.2) is 53.3 Å². The number of carboxylic acids is 1. The maximum atomic E-state index is 12.2. The van der Waals surface area contributed by atoms with Gasteiger partial charge in [0.1, 0.15) is 19.0 Å². The summed E-state index contributed by atoms with van der Waals surface area (Å²) in [5, 5.41) is 9.05. The van der Waals surface area contributed by atoms with Gasteiger partial charge in [0.25, 0.3) is 0 Å². The lowest BCUT2D eigenvalue weighted by Gasteiger charge is -2.15. The number of rotatable bonds is 9. The number of carboxylic acid groups (broad SMARTS) is 1. The van der Waals surface area contributed by atoms with Gasteiger partial charge in [-0.2, -0.15) is 13.2 Å². The highest BCUT2D eigenvalue weighted by Gasteiger charge is 2.31. The second kappa shape index (κ2) is 9.31. The Labute approximate surface area is 173 Å². The molecule has 0 radical (unpaired) electrons. The number of para-hydroxylation sites is 1. The number of halogens is 3. The molecule has 10 heteroatoms. The molecule has 6 nitrogen and oxygen atoms in total. The summed E-state index contributed by atoms with van der Waals surface area (Å²) in [6.07, 6.45) is -6.40. The number of aromatic nitrogens is 1. The first-order valence-electron chi connectivity index (χ1n) is 8.94. The van der Waals surface area contributed by atoms with Crippen LogP contribution in [0, 0.1) is 0 Å². The SMILES string of the molecule is O=C(O)[C@H](Cc1ccc(OCCn2c(=O)sc3ccccc32)cc1)OCC(F)(F)F. The molecule has 30 heavy (non-hydrogen) atoms. The van der Waals surface area contributed by atoms with Gasteiger partial charge < -0.3 is 14.6 Å². The van der Waals surface area contributed by atoms with E-state index in [1.54, 1.807) is 28.8 Å². The fourth-order valence-corrected chi connectivity index (χ4v) is 3.75. The third-order valence-corrected chi connectivity index (χ3v) is 5.19. The van der Waals surface area contributed by atoms with Crippen LogP contribution in [0.2, 0.25) is 0 Å². The average molecular weight is 441 g/mol. The number of hydrogen-bond acceptors (Lipinski definition) is 5. The van der Waals surface area contributed by atoms with Gasteiger partial charge in [-0.3, -0.25) is 9.36 Å². The Bertz CT molecular complexity index is 1060. The summed E-state index contributed by atoms with van der Waals surface area (Å²) in [5.41, 5.74) is 1.34. The summed E-state index contributed by atoms with van der Waals surface area (Å²) in [6, 6.07) is 13.8. The highest BCUT2D eigenvalue weighted by atomic mass is 32.1. The zero-order chi connectivity index (χ0) is 21.7. The van der Waals surface area contributed by atoms with Gasteiger partial charge >= 0.3 is 17.0 Å². The molecule has 0 aliphatic heterocycles. The first kappa shape index (κ1) is 21.8. The molecule has 1 N–H and O–H groups in total. The molecule has 0 unspecified atom stereocenters. The number of aliphatic carboxylic acids is 1. The van der Waals surface area contributed by atoms with Crippen molar-refractivity contribution < 1.29 is 32.5 Å². The van der Waals surface area contributed by atoms with Crippen molar-refractivity contribution in [1.29, 1.82) is 0 Å². The van der Waals surface area contributed by atoms with Crippen LogP contribution in [0.1, 0.15) is 5.56 Å². The lowest BCUT2D eigenvalue weighted by atomic mass is 10.1. The quantitative estimate of drug-likeness (QED) is 0.548. The molecule has 0 bridgehead atoms. The zero-order valence-corrected chi connectivity index (χ0v) is 16.4. The Kier molecular flexibility index (Phi) is 6.78. The van der Waals surface area contributed by atoms with Crippen molar-refractivity contribution >= 4 is 27.5 Å². The number of thiazole rings is 1. The molecule has 1 aromatic heterocycles. The summed E-state index contributed by atoms with van der Waals surface area (Å²) in [5.74, 6) is -0.970. The van der Waals surface area contributed by atoms with Gasteiger partial charge in [-0.15, -0.1) is 0 Å². The number of hydrogen-bond donors (Lipinski definition) is 1. The molecule has 0 saturated heterocycles. The molecule has 3 rings (SSSR count). The lowest BCUT2D eigenvalue weighted by Crippen LogP contribution is -2.31. The van der Waals surface area contributed by atoms with E-state index in [0.717, 1.165) is 21.6 Å². The smallest absolute Gasteiger partial charge is 0.411 e. The second-order valence-corrected chi connectivity index (χ2v) is 7.43. The Hall–Kier alpha value is -2.85. The first-order valence-corrected chi connectivity index (χ1v) is 9.76. The van der Waals surface area contributed by atoms with Gasteiger partial charge in [0.2, 0.25) is 0 Å². The Balaban J connectivity index is 1.55. The van der Waals surface area contributed by atoms with Crippen LogP contribution in [0.5, 0.6) is 5.75 Å². The third-order valence-electron chi connectivity index (χ3n) is 4.23. The van der Waals surface area contributed by atoms with Gasteiger partial charge in [-0.05, 0) is 29.8 Å². The van der Waals surface area contributed by atoms with Crippen LogP contribution in [0.25, 0.3) is 10.2 Å². The van der Waals surface area contributed by atoms with E-state index < -0.39 is 24.9 Å². The minimum atomic E-state index is -4.60. The minimum Gasteiger partial charge on any atom is -0.492 e. The van der Waals surface area contributed by atoms with Gasteiger partial charge in [0.15, 0.2) is 6.10 Å². The number of carbonyl (C=O) groups is 1. The van der Waals surface area contributed by atoms with Crippen LogP contribution in [0.4, 0.5) is 13.2 Å².